The highest BCUT2D eigenvalue weighted by Gasteiger charge is 2.31. The molecular weight excluding hydrogens is 383 g/mol. The smallest absolute Gasteiger partial charge is 0.497 e. The number of nitrogens with one attached hydrogen (secondary N) is 1. The number of benzene rings is 2. The summed E-state index contributed by atoms with van der Waals surface area (Å²) in [6.45, 7) is -0.460. The minimum atomic E-state index is -4.80. The van der Waals surface area contributed by atoms with E-state index in [-0.39, 0.29) is 17.0 Å². The summed E-state index contributed by atoms with van der Waals surface area (Å²) in [6, 6.07) is 8.97. The van der Waals surface area contributed by atoms with E-state index < -0.39 is 30.6 Å². The molecule has 0 unspecified atom stereocenters. The lowest BCUT2D eigenvalue weighted by atomic mass is 10.2. The summed E-state index contributed by atoms with van der Waals surface area (Å²) in [4.78, 5) is 23.8. The summed E-state index contributed by atoms with van der Waals surface area (Å²) < 4.78 is 55.2. The molecule has 0 saturated heterocycles. The van der Waals surface area contributed by atoms with Gasteiger partial charge in [-0.25, -0.2) is 4.79 Å². The van der Waals surface area contributed by atoms with Gasteiger partial charge in [-0.1, -0.05) is 0 Å². The molecule has 7 nitrogen and oxygen atoms in total. The number of carbonyl (C=O) groups is 2. The topological polar surface area (TPSA) is 83.1 Å². The minimum absolute atomic E-state index is 0.0790. The van der Waals surface area contributed by atoms with Crippen molar-refractivity contribution in [3.05, 3.63) is 48.0 Å². The molecule has 0 aromatic heterocycles. The molecule has 0 bridgehead atoms. The first kappa shape index (κ1) is 20.9. The average molecular weight is 399 g/mol. The Morgan fingerprint density at radius 3 is 2.21 bits per heavy atom. The Kier molecular flexibility index (Phi) is 6.69. The van der Waals surface area contributed by atoms with E-state index in [1.807, 2.05) is 0 Å². The van der Waals surface area contributed by atoms with E-state index in [9.17, 15) is 22.8 Å². The van der Waals surface area contributed by atoms with Gasteiger partial charge in [-0.05, 0) is 36.4 Å². The molecule has 0 aliphatic carbocycles. The van der Waals surface area contributed by atoms with Gasteiger partial charge in [-0.3, -0.25) is 4.79 Å². The Balaban J connectivity index is 1.99. The summed E-state index contributed by atoms with van der Waals surface area (Å²) in [5.74, 6) is -1.18. The Labute approximate surface area is 158 Å². The fraction of sp³-hybridized carbons (Fsp3) is 0.222. The number of alkyl halides is 3. The van der Waals surface area contributed by atoms with Crippen molar-refractivity contribution in [1.29, 1.82) is 0 Å². The molecule has 1 N–H and O–H groups in total. The van der Waals surface area contributed by atoms with Crippen LogP contribution in [0.3, 0.4) is 0 Å². The molecule has 2 aromatic rings. The second-order valence-electron chi connectivity index (χ2n) is 5.26. The van der Waals surface area contributed by atoms with Gasteiger partial charge in [0.15, 0.2) is 6.61 Å². The summed E-state index contributed by atoms with van der Waals surface area (Å²) in [7, 11) is 2.63. The maximum Gasteiger partial charge on any atom is 0.573 e. The van der Waals surface area contributed by atoms with E-state index in [0.717, 1.165) is 12.1 Å². The van der Waals surface area contributed by atoms with E-state index in [4.69, 9.17) is 9.47 Å². The highest BCUT2D eigenvalue weighted by atomic mass is 19.4. The van der Waals surface area contributed by atoms with Crippen molar-refractivity contribution in [2.24, 2.45) is 0 Å². The molecule has 0 heterocycles. The molecular formula is C18H16F3NO6. The molecule has 0 fully saturated rings. The van der Waals surface area contributed by atoms with Gasteiger partial charge >= 0.3 is 12.3 Å². The van der Waals surface area contributed by atoms with E-state index in [1.54, 1.807) is 0 Å². The van der Waals surface area contributed by atoms with Crippen LogP contribution in [0.5, 0.6) is 17.2 Å². The van der Waals surface area contributed by atoms with Crippen molar-refractivity contribution in [3.8, 4) is 17.2 Å². The van der Waals surface area contributed by atoms with Crippen LogP contribution >= 0.6 is 0 Å². The average Bonchev–Trinajstić information content (AvgIpc) is 2.66. The zero-order valence-electron chi connectivity index (χ0n) is 14.8. The van der Waals surface area contributed by atoms with Crippen molar-refractivity contribution in [2.75, 3.05) is 26.1 Å². The second-order valence-corrected chi connectivity index (χ2v) is 5.26. The van der Waals surface area contributed by atoms with Crippen LogP contribution in [0.1, 0.15) is 10.4 Å². The maximum absolute atomic E-state index is 12.1. The van der Waals surface area contributed by atoms with Gasteiger partial charge in [0.25, 0.3) is 5.91 Å². The number of hydrogen-bond donors (Lipinski definition) is 1. The van der Waals surface area contributed by atoms with Crippen LogP contribution in [0.15, 0.2) is 42.5 Å². The van der Waals surface area contributed by atoms with Crippen LogP contribution < -0.4 is 19.5 Å². The van der Waals surface area contributed by atoms with Gasteiger partial charge in [0.2, 0.25) is 0 Å². The number of carbonyl (C=O) groups excluding carboxylic acids is 2. The first-order valence-corrected chi connectivity index (χ1v) is 7.76. The second kappa shape index (κ2) is 8.98. The number of halogens is 3. The number of methoxy groups -OCH3 is 2. The monoisotopic (exact) mass is 399 g/mol. The summed E-state index contributed by atoms with van der Waals surface area (Å²) in [5.41, 5.74) is 0.340. The standard InChI is InChI=1S/C18H16F3NO6/c1-25-13-7-8-14(17(24)26-2)15(9-13)27-10-16(23)22-11-3-5-12(6-4-11)28-18(19,20)21/h3-9H,10H2,1-2H3,(H,22,23). The van der Waals surface area contributed by atoms with Crippen molar-refractivity contribution in [3.63, 3.8) is 0 Å². The quantitative estimate of drug-likeness (QED) is 0.719. The third-order valence-electron chi connectivity index (χ3n) is 3.32. The maximum atomic E-state index is 12.1. The van der Waals surface area contributed by atoms with Gasteiger partial charge in [-0.15, -0.1) is 13.2 Å². The third-order valence-corrected chi connectivity index (χ3v) is 3.32. The number of anilines is 1. The highest BCUT2D eigenvalue weighted by molar-refractivity contribution is 5.94. The van der Waals surface area contributed by atoms with Gasteiger partial charge in [0.1, 0.15) is 22.8 Å². The van der Waals surface area contributed by atoms with E-state index in [2.05, 4.69) is 14.8 Å². The molecule has 10 heteroatoms. The lowest BCUT2D eigenvalue weighted by Crippen LogP contribution is -2.21. The van der Waals surface area contributed by atoms with Crippen LogP contribution in [0.2, 0.25) is 0 Å². The predicted octanol–water partition coefficient (Wildman–Crippen LogP) is 3.40. The van der Waals surface area contributed by atoms with Crippen molar-refractivity contribution >= 4 is 17.6 Å². The molecule has 0 atom stereocenters. The number of esters is 1. The first-order valence-electron chi connectivity index (χ1n) is 7.76. The SMILES string of the molecule is COC(=O)c1ccc(OC)cc1OCC(=O)Nc1ccc(OC(F)(F)F)cc1. The molecule has 0 aliphatic heterocycles. The number of ether oxygens (including phenoxy) is 4. The zero-order valence-corrected chi connectivity index (χ0v) is 14.8. The van der Waals surface area contributed by atoms with Crippen LogP contribution in [-0.2, 0) is 9.53 Å². The molecule has 0 aliphatic rings. The van der Waals surface area contributed by atoms with Crippen molar-refractivity contribution in [1.82, 2.24) is 0 Å². The normalized spacial score (nSPS) is 10.8. The Morgan fingerprint density at radius 2 is 1.64 bits per heavy atom. The fourth-order valence-corrected chi connectivity index (χ4v) is 2.11. The van der Waals surface area contributed by atoms with Gasteiger partial charge < -0.3 is 24.3 Å². The van der Waals surface area contributed by atoms with Crippen LogP contribution in [0, 0.1) is 0 Å². The molecule has 2 aromatic carbocycles. The number of amides is 1. The minimum Gasteiger partial charge on any atom is -0.497 e. The van der Waals surface area contributed by atoms with Crippen LogP contribution in [-0.4, -0.2) is 39.1 Å². The fourth-order valence-electron chi connectivity index (χ4n) is 2.11. The van der Waals surface area contributed by atoms with Gasteiger partial charge in [0, 0.05) is 11.8 Å². The molecule has 0 spiro atoms. The van der Waals surface area contributed by atoms with E-state index in [0.29, 0.717) is 5.75 Å². The third kappa shape index (κ3) is 6.08. The Hall–Kier alpha value is -3.43. The summed E-state index contributed by atoms with van der Waals surface area (Å²) >= 11 is 0. The zero-order chi connectivity index (χ0) is 20.7. The highest BCUT2D eigenvalue weighted by Crippen LogP contribution is 2.26. The number of hydrogen-bond acceptors (Lipinski definition) is 6. The predicted molar refractivity (Wildman–Crippen MR) is 91.6 cm³/mol. The Bertz CT molecular complexity index is 836. The molecule has 0 saturated carbocycles. The largest absolute Gasteiger partial charge is 0.573 e. The van der Waals surface area contributed by atoms with Gasteiger partial charge in [-0.2, -0.15) is 0 Å². The van der Waals surface area contributed by atoms with Gasteiger partial charge in [0.05, 0.1) is 14.2 Å². The molecule has 0 radical (unpaired) electrons. The molecule has 1 amide bonds. The summed E-state index contributed by atoms with van der Waals surface area (Å²) in [6.07, 6.45) is -4.80. The van der Waals surface area contributed by atoms with E-state index >= 15 is 0 Å². The lowest BCUT2D eigenvalue weighted by Gasteiger charge is -2.12. The molecule has 28 heavy (non-hydrogen) atoms. The molecule has 150 valence electrons. The summed E-state index contributed by atoms with van der Waals surface area (Å²) in [5, 5.41) is 2.45. The first-order chi connectivity index (χ1) is 13.2. The lowest BCUT2D eigenvalue weighted by molar-refractivity contribution is -0.274. The van der Waals surface area contributed by atoms with Crippen LogP contribution in [0.4, 0.5) is 18.9 Å². The van der Waals surface area contributed by atoms with Crippen molar-refractivity contribution < 1.29 is 41.7 Å². The van der Waals surface area contributed by atoms with Crippen LogP contribution in [0.25, 0.3) is 0 Å². The number of rotatable bonds is 7. The molecule has 2 rings (SSSR count). The van der Waals surface area contributed by atoms with E-state index in [1.165, 1.54) is 44.6 Å². The Morgan fingerprint density at radius 1 is 1.00 bits per heavy atom. The van der Waals surface area contributed by atoms with Crippen molar-refractivity contribution in [2.45, 2.75) is 6.36 Å².